The molecule has 3 amide bonds. The van der Waals surface area contributed by atoms with Crippen LogP contribution in [0.1, 0.15) is 25.3 Å². The third kappa shape index (κ3) is 1.80. The van der Waals surface area contributed by atoms with Gasteiger partial charge >= 0.3 is 0 Å². The summed E-state index contributed by atoms with van der Waals surface area (Å²) in [4.78, 5) is 37.3. The Labute approximate surface area is 146 Å². The highest BCUT2D eigenvalue weighted by Gasteiger charge is 2.77. The Morgan fingerprint density at radius 3 is 2.57 bits per heavy atom. The molecule has 2 heterocycles. The minimum Gasteiger partial charge on any atom is -0.361 e. The van der Waals surface area contributed by atoms with E-state index in [0.717, 1.165) is 9.13 Å². The van der Waals surface area contributed by atoms with Gasteiger partial charge in [0, 0.05) is 15.2 Å². The highest BCUT2D eigenvalue weighted by atomic mass is 127. The molecule has 1 aliphatic carbocycles. The number of carbonyl (C=O) groups is 3. The average molecular weight is 426 g/mol. The lowest BCUT2D eigenvalue weighted by Gasteiger charge is -2.57. The molecule has 0 bridgehead atoms. The Kier molecular flexibility index (Phi) is 3.12. The molecular formula is C16H15IN2O4. The van der Waals surface area contributed by atoms with Crippen LogP contribution in [-0.4, -0.2) is 29.4 Å². The molecule has 4 rings (SSSR count). The summed E-state index contributed by atoms with van der Waals surface area (Å²) in [6.45, 7) is 3.65. The van der Waals surface area contributed by atoms with Crippen LogP contribution in [0.3, 0.4) is 0 Å². The van der Waals surface area contributed by atoms with Crippen molar-refractivity contribution in [2.45, 2.75) is 31.5 Å². The number of imide groups is 1. The van der Waals surface area contributed by atoms with Gasteiger partial charge in [0.2, 0.25) is 11.8 Å². The summed E-state index contributed by atoms with van der Waals surface area (Å²) in [5.74, 6) is -2.79. The van der Waals surface area contributed by atoms with Crippen LogP contribution in [0.15, 0.2) is 18.2 Å². The first-order valence-corrected chi connectivity index (χ1v) is 8.57. The van der Waals surface area contributed by atoms with E-state index in [0.29, 0.717) is 5.69 Å². The number of rotatable bonds is 2. The van der Waals surface area contributed by atoms with E-state index in [-0.39, 0.29) is 17.9 Å². The molecule has 7 heteroatoms. The molecule has 0 radical (unpaired) electrons. The number of benzene rings is 1. The van der Waals surface area contributed by atoms with Crippen molar-refractivity contribution >= 4 is 46.0 Å². The second-order valence-electron chi connectivity index (χ2n) is 6.48. The average Bonchev–Trinajstić information content (AvgIpc) is 2.69. The molecule has 0 aromatic heterocycles. The fourth-order valence-electron chi connectivity index (χ4n) is 4.17. The summed E-state index contributed by atoms with van der Waals surface area (Å²) in [6.07, 6.45) is -0.239. The molecule has 120 valence electrons. The minimum absolute atomic E-state index is 0.239. The molecule has 2 N–H and O–H groups in total. The Balaban J connectivity index is 1.92. The number of nitrogens with one attached hydrogen (secondary N) is 2. The van der Waals surface area contributed by atoms with Crippen molar-refractivity contribution < 1.29 is 19.1 Å². The van der Waals surface area contributed by atoms with Crippen molar-refractivity contribution in [3.8, 4) is 0 Å². The first-order chi connectivity index (χ1) is 10.9. The molecule has 1 aromatic rings. The van der Waals surface area contributed by atoms with E-state index in [9.17, 15) is 14.4 Å². The second-order valence-corrected chi connectivity index (χ2v) is 7.73. The number of carbonyl (C=O) groups excluding carboxylic acids is 3. The molecule has 4 atom stereocenters. The SMILES string of the molecule is CC(C)O[C@]12C(=O)Nc3ccc(I)cc3[C@H]1[C@@H]1C(=O)NC(=O)[C@@H]12. The fourth-order valence-corrected chi connectivity index (χ4v) is 4.68. The predicted octanol–water partition coefficient (Wildman–Crippen LogP) is 1.39. The predicted molar refractivity (Wildman–Crippen MR) is 89.6 cm³/mol. The first-order valence-electron chi connectivity index (χ1n) is 7.49. The van der Waals surface area contributed by atoms with Gasteiger partial charge in [0.15, 0.2) is 5.60 Å². The van der Waals surface area contributed by atoms with Crippen molar-refractivity contribution in [1.29, 1.82) is 0 Å². The van der Waals surface area contributed by atoms with Gasteiger partial charge in [0.1, 0.15) is 0 Å². The van der Waals surface area contributed by atoms with Crippen LogP contribution in [0.25, 0.3) is 0 Å². The number of anilines is 1. The Morgan fingerprint density at radius 2 is 1.87 bits per heavy atom. The molecule has 3 aliphatic rings. The summed E-state index contributed by atoms with van der Waals surface area (Å²) < 4.78 is 7.00. The fraction of sp³-hybridized carbons (Fsp3) is 0.438. The number of halogens is 1. The van der Waals surface area contributed by atoms with Crippen molar-refractivity contribution in [2.75, 3.05) is 5.32 Å². The lowest BCUT2D eigenvalue weighted by atomic mass is 9.50. The van der Waals surface area contributed by atoms with E-state index in [1.54, 1.807) is 0 Å². The van der Waals surface area contributed by atoms with Crippen molar-refractivity contribution in [2.24, 2.45) is 11.8 Å². The lowest BCUT2D eigenvalue weighted by Crippen LogP contribution is -2.71. The van der Waals surface area contributed by atoms with Gasteiger partial charge in [0.25, 0.3) is 5.91 Å². The lowest BCUT2D eigenvalue weighted by molar-refractivity contribution is -0.207. The summed E-state index contributed by atoms with van der Waals surface area (Å²) in [5.41, 5.74) is 0.254. The van der Waals surface area contributed by atoms with Crippen molar-refractivity contribution in [1.82, 2.24) is 5.32 Å². The molecule has 1 saturated heterocycles. The number of fused-ring (bicyclic) bond motifs is 6. The summed E-state index contributed by atoms with van der Waals surface area (Å²) in [6, 6.07) is 5.67. The molecule has 23 heavy (non-hydrogen) atoms. The van der Waals surface area contributed by atoms with Gasteiger partial charge in [-0.25, -0.2) is 0 Å². The van der Waals surface area contributed by atoms with Gasteiger partial charge < -0.3 is 10.1 Å². The first kappa shape index (κ1) is 15.1. The Bertz CT molecular complexity index is 762. The molecule has 2 fully saturated rings. The third-order valence-electron chi connectivity index (χ3n) is 4.86. The van der Waals surface area contributed by atoms with Gasteiger partial charge in [-0.1, -0.05) is 0 Å². The largest absolute Gasteiger partial charge is 0.361 e. The zero-order chi connectivity index (χ0) is 16.5. The van der Waals surface area contributed by atoms with Crippen LogP contribution in [0.4, 0.5) is 5.69 Å². The molecule has 0 unspecified atom stereocenters. The monoisotopic (exact) mass is 426 g/mol. The standard InChI is InChI=1S/C16H15IN2O4/c1-6(2)23-16-11(10-12(16)14(21)19-13(10)20)8-5-7(17)3-4-9(8)18-15(16)22/h3-6,10-12H,1-2H3,(H,18,22)(H,19,20,21)/t10-,11-,12+,16+/m0/s1. The van der Waals surface area contributed by atoms with Gasteiger partial charge in [-0.05, 0) is 60.2 Å². The highest BCUT2D eigenvalue weighted by molar-refractivity contribution is 14.1. The van der Waals surface area contributed by atoms with Crippen LogP contribution in [0, 0.1) is 15.4 Å². The maximum atomic E-state index is 12.8. The normalized spacial score (nSPS) is 34.3. The van der Waals surface area contributed by atoms with Crippen LogP contribution >= 0.6 is 22.6 Å². The number of hydrogen-bond acceptors (Lipinski definition) is 4. The van der Waals surface area contributed by atoms with E-state index in [2.05, 4.69) is 33.2 Å². The van der Waals surface area contributed by atoms with Crippen LogP contribution in [-0.2, 0) is 19.1 Å². The van der Waals surface area contributed by atoms with E-state index in [4.69, 9.17) is 4.74 Å². The van der Waals surface area contributed by atoms with Gasteiger partial charge in [0.05, 0.1) is 17.9 Å². The van der Waals surface area contributed by atoms with Gasteiger partial charge in [-0.15, -0.1) is 0 Å². The Morgan fingerprint density at radius 1 is 1.13 bits per heavy atom. The van der Waals surface area contributed by atoms with Crippen molar-refractivity contribution in [3.05, 3.63) is 27.3 Å². The van der Waals surface area contributed by atoms with Crippen LogP contribution < -0.4 is 10.6 Å². The maximum absolute atomic E-state index is 12.8. The molecule has 2 aliphatic heterocycles. The third-order valence-corrected chi connectivity index (χ3v) is 5.53. The second kappa shape index (κ2) is 4.76. The van der Waals surface area contributed by atoms with E-state index in [1.807, 2.05) is 32.0 Å². The van der Waals surface area contributed by atoms with E-state index >= 15 is 0 Å². The smallest absolute Gasteiger partial charge is 0.258 e. The molecular weight excluding hydrogens is 411 g/mol. The zero-order valence-corrected chi connectivity index (χ0v) is 14.7. The molecule has 1 saturated carbocycles. The van der Waals surface area contributed by atoms with E-state index in [1.165, 1.54) is 0 Å². The summed E-state index contributed by atoms with van der Waals surface area (Å²) in [5, 5.41) is 5.21. The van der Waals surface area contributed by atoms with Gasteiger partial charge in [-0.2, -0.15) is 0 Å². The topological polar surface area (TPSA) is 84.5 Å². The summed E-state index contributed by atoms with van der Waals surface area (Å²) >= 11 is 2.19. The number of ether oxygens (including phenoxy) is 1. The number of hydrogen-bond donors (Lipinski definition) is 2. The number of amides is 3. The zero-order valence-electron chi connectivity index (χ0n) is 12.6. The molecule has 1 aromatic carbocycles. The molecule has 0 spiro atoms. The maximum Gasteiger partial charge on any atom is 0.258 e. The van der Waals surface area contributed by atoms with Crippen LogP contribution in [0.2, 0.25) is 0 Å². The highest BCUT2D eigenvalue weighted by Crippen LogP contribution is 2.63. The minimum atomic E-state index is -1.30. The quantitative estimate of drug-likeness (QED) is 0.553. The van der Waals surface area contributed by atoms with Crippen molar-refractivity contribution in [3.63, 3.8) is 0 Å². The Hall–Kier alpha value is -1.48. The van der Waals surface area contributed by atoms with Crippen LogP contribution in [0.5, 0.6) is 0 Å². The van der Waals surface area contributed by atoms with E-state index < -0.39 is 29.3 Å². The summed E-state index contributed by atoms with van der Waals surface area (Å²) in [7, 11) is 0. The molecule has 6 nitrogen and oxygen atoms in total. The van der Waals surface area contributed by atoms with Gasteiger partial charge in [-0.3, -0.25) is 19.7 Å².